The summed E-state index contributed by atoms with van der Waals surface area (Å²) < 4.78 is 23.3. The summed E-state index contributed by atoms with van der Waals surface area (Å²) in [5.74, 6) is 0. The molecule has 0 fully saturated rings. The Morgan fingerprint density at radius 3 is 0.940 bits per heavy atom. The maximum Gasteiger partial charge on any atom is 0.160 e. The van der Waals surface area contributed by atoms with E-state index in [1.54, 1.807) is 0 Å². The van der Waals surface area contributed by atoms with E-state index in [0.29, 0.717) is 45.0 Å². The largest absolute Gasteiger partial charge is 0.454 e. The molecule has 11 aromatic carbocycles. The van der Waals surface area contributed by atoms with Crippen molar-refractivity contribution in [3.8, 4) is 34.9 Å². The number of fused-ring (bicyclic) bond motifs is 20. The summed E-state index contributed by atoms with van der Waals surface area (Å²) in [6, 6.07) is 78.4. The lowest BCUT2D eigenvalue weighted by molar-refractivity contribution is 0.591. The number of nitrogens with zero attached hydrogens (tertiary/aromatic N) is 6. The smallest absolute Gasteiger partial charge is 0.160 e. The van der Waals surface area contributed by atoms with Crippen molar-refractivity contribution in [2.24, 2.45) is 0 Å². The highest BCUT2D eigenvalue weighted by Crippen LogP contribution is 2.52. The van der Waals surface area contributed by atoms with E-state index >= 15 is 0 Å². The van der Waals surface area contributed by atoms with Crippen molar-refractivity contribution in [2.75, 3.05) is 0 Å². The van der Waals surface area contributed by atoms with Gasteiger partial charge in [0, 0.05) is 64.6 Å². The number of nitriles is 2. The molecule has 8 nitrogen and oxygen atoms in total. The van der Waals surface area contributed by atoms with Gasteiger partial charge >= 0.3 is 0 Å². The number of aromatic nitrogens is 4. The number of hydrogen-bond donors (Lipinski definition) is 0. The first-order valence-electron chi connectivity index (χ1n) is 28.7. The van der Waals surface area contributed by atoms with Crippen molar-refractivity contribution >= 4 is 131 Å². The summed E-state index contributed by atoms with van der Waals surface area (Å²) in [4.78, 5) is 0. The van der Waals surface area contributed by atoms with Crippen LogP contribution in [0.1, 0.15) is 63.8 Å². The third-order valence-corrected chi connectivity index (χ3v) is 18.0. The van der Waals surface area contributed by atoms with Crippen molar-refractivity contribution in [3.63, 3.8) is 0 Å². The molecule has 17 rings (SSSR count). The van der Waals surface area contributed by atoms with Gasteiger partial charge in [-0.3, -0.25) is 0 Å². The lowest BCUT2D eigenvalue weighted by Crippen LogP contribution is -2.17. The quantitative estimate of drug-likeness (QED) is 0.175. The van der Waals surface area contributed by atoms with Crippen molar-refractivity contribution in [1.82, 2.24) is 18.3 Å². The summed E-state index contributed by atoms with van der Waals surface area (Å²) in [5.41, 5.74) is 14.6. The lowest BCUT2D eigenvalue weighted by Gasteiger charge is -2.27. The Kier molecular flexibility index (Phi) is 9.64. The minimum absolute atomic E-state index is 0.196. The van der Waals surface area contributed by atoms with E-state index in [4.69, 9.17) is 8.83 Å². The van der Waals surface area contributed by atoms with E-state index < -0.39 is 0 Å². The van der Waals surface area contributed by atoms with Crippen molar-refractivity contribution in [2.45, 2.75) is 52.4 Å². The van der Waals surface area contributed by atoms with Crippen LogP contribution >= 0.6 is 0 Å². The number of furan rings is 2. The average molecular weight is 1080 g/mol. The number of hydrogen-bond acceptors (Lipinski definition) is 4. The third kappa shape index (κ3) is 6.34. The second-order valence-corrected chi connectivity index (χ2v) is 24.6. The molecular formula is C76H52N6O2. The van der Waals surface area contributed by atoms with Crippen LogP contribution in [0.2, 0.25) is 0 Å². The van der Waals surface area contributed by atoms with E-state index in [9.17, 15) is 10.5 Å². The van der Waals surface area contributed by atoms with Crippen LogP contribution in [0.4, 0.5) is 0 Å². The normalized spacial score (nSPS) is 12.6. The van der Waals surface area contributed by atoms with E-state index in [1.165, 1.54) is 11.1 Å². The molecular weight excluding hydrogens is 1030 g/mol. The van der Waals surface area contributed by atoms with Gasteiger partial charge in [-0.15, -0.1) is 0 Å². The molecule has 0 amide bonds. The van der Waals surface area contributed by atoms with Gasteiger partial charge in [0.1, 0.15) is 34.4 Å². The molecule has 0 unspecified atom stereocenters. The lowest BCUT2D eigenvalue weighted by atomic mass is 9.86. The van der Waals surface area contributed by atoms with Crippen LogP contribution in [0.3, 0.4) is 0 Å². The molecule has 0 atom stereocenters. The number of rotatable bonds is 4. The first-order valence-corrected chi connectivity index (χ1v) is 28.7. The molecule has 17 aromatic rings. The zero-order valence-corrected chi connectivity index (χ0v) is 47.1. The minimum atomic E-state index is -0.196. The van der Waals surface area contributed by atoms with Crippen LogP contribution in [0.15, 0.2) is 215 Å². The highest BCUT2D eigenvalue weighted by atomic mass is 16.3. The second-order valence-electron chi connectivity index (χ2n) is 24.6. The molecule has 0 aliphatic carbocycles. The highest BCUT2D eigenvalue weighted by Gasteiger charge is 2.36. The van der Waals surface area contributed by atoms with Gasteiger partial charge in [-0.25, -0.2) is 0 Å². The zero-order chi connectivity index (χ0) is 56.7. The molecule has 0 aliphatic heterocycles. The highest BCUT2D eigenvalue weighted by molar-refractivity contribution is 6.24. The van der Waals surface area contributed by atoms with Crippen LogP contribution < -0.4 is 0 Å². The topological polar surface area (TPSA) is 93.6 Å². The SMILES string of the molecule is CC(C)(C)c1ccc2c(c1)c1ccc3c4ccccc4oc3c1n2-c1c(C#N)c(-n2c3ccccc3c3ccccc32)c(-n2c3ccc(C(C)(C)C)cc3c3ccc4c5ccccc5oc4c32)c(C#N)c1-n1c2ccccc2c2ccccc21. The maximum absolute atomic E-state index is 13.1. The molecule has 0 N–H and O–H groups in total. The Labute approximate surface area is 482 Å². The van der Waals surface area contributed by atoms with Crippen molar-refractivity contribution in [1.29, 1.82) is 10.5 Å². The third-order valence-electron chi connectivity index (χ3n) is 18.0. The molecule has 6 heterocycles. The second kappa shape index (κ2) is 16.9. The van der Waals surface area contributed by atoms with Gasteiger partial charge in [-0.2, -0.15) is 10.5 Å². The first-order chi connectivity index (χ1) is 40.9. The number of para-hydroxylation sites is 6. The Morgan fingerprint density at radius 2 is 0.595 bits per heavy atom. The molecule has 0 aliphatic rings. The van der Waals surface area contributed by atoms with Gasteiger partial charge in [-0.1, -0.05) is 175 Å². The Hall–Kier alpha value is -10.8. The number of benzene rings is 11. The van der Waals surface area contributed by atoms with Gasteiger partial charge in [-0.05, 0) is 94.8 Å². The Bertz CT molecular complexity index is 5390. The van der Waals surface area contributed by atoms with Gasteiger partial charge in [0.25, 0.3) is 0 Å². The van der Waals surface area contributed by atoms with Crippen LogP contribution in [0, 0.1) is 22.7 Å². The van der Waals surface area contributed by atoms with Gasteiger partial charge in [0.05, 0.1) is 66.9 Å². The summed E-state index contributed by atoms with van der Waals surface area (Å²) >= 11 is 0. The van der Waals surface area contributed by atoms with Crippen LogP contribution in [-0.4, -0.2) is 18.3 Å². The maximum atomic E-state index is 13.1. The summed E-state index contributed by atoms with van der Waals surface area (Å²) in [6.07, 6.45) is 0. The molecule has 398 valence electrons. The first kappa shape index (κ1) is 48.0. The molecule has 0 saturated heterocycles. The minimum Gasteiger partial charge on any atom is -0.454 e. The summed E-state index contributed by atoms with van der Waals surface area (Å²) in [7, 11) is 0. The van der Waals surface area contributed by atoms with Crippen LogP contribution in [0.25, 0.3) is 154 Å². The summed E-state index contributed by atoms with van der Waals surface area (Å²) in [5, 5.41) is 38.1. The van der Waals surface area contributed by atoms with Crippen molar-refractivity contribution in [3.05, 3.63) is 229 Å². The summed E-state index contributed by atoms with van der Waals surface area (Å²) in [6.45, 7) is 13.5. The predicted molar refractivity (Wildman–Crippen MR) is 345 cm³/mol. The van der Waals surface area contributed by atoms with Gasteiger partial charge < -0.3 is 27.1 Å². The van der Waals surface area contributed by atoms with Gasteiger partial charge in [0.2, 0.25) is 0 Å². The Balaban J connectivity index is 1.20. The standard InChI is InChI=1S/C76H52N6O2/c1-75(2,3)43-31-37-63-55(39-43)51-33-35-53-49-23-11-17-29-65(49)83-73(53)71(51)81(63)69-57(41-77)68(80-61-27-15-9-21-47(61)48-22-10-16-28-62(48)80)70(58(42-78)67(69)79-59-25-13-7-19-45(59)46-20-8-14-26-60(46)79)82-64-38-32-44(76(4,5)6)40-56(64)52-34-36-54-50-24-12-18-30-66(50)84-74(54)72(52)82/h7-40H,1-6H3. The fourth-order valence-corrected chi connectivity index (χ4v) is 14.1. The monoisotopic (exact) mass is 1080 g/mol. The zero-order valence-electron chi connectivity index (χ0n) is 47.1. The molecule has 0 saturated carbocycles. The molecule has 0 radical (unpaired) electrons. The molecule has 0 bridgehead atoms. The molecule has 84 heavy (non-hydrogen) atoms. The molecule has 6 aromatic heterocycles. The molecule has 0 spiro atoms. The van der Waals surface area contributed by atoms with E-state index in [2.05, 4.69) is 254 Å². The fourth-order valence-electron chi connectivity index (χ4n) is 14.1. The fraction of sp³-hybridized carbons (Fsp3) is 0.105. The van der Waals surface area contributed by atoms with Gasteiger partial charge in [0.15, 0.2) is 11.2 Å². The van der Waals surface area contributed by atoms with E-state index in [1.807, 2.05) is 24.3 Å². The van der Waals surface area contributed by atoms with Crippen LogP contribution in [-0.2, 0) is 10.8 Å². The van der Waals surface area contributed by atoms with Crippen LogP contribution in [0.5, 0.6) is 0 Å². The molecule has 8 heteroatoms. The predicted octanol–water partition coefficient (Wildman–Crippen LogP) is 20.2. The van der Waals surface area contributed by atoms with Crippen molar-refractivity contribution < 1.29 is 8.83 Å². The van der Waals surface area contributed by atoms with E-state index in [0.717, 1.165) is 120 Å². The Morgan fingerprint density at radius 1 is 0.298 bits per heavy atom. The average Bonchev–Trinajstić information content (AvgIpc) is 1.78. The van der Waals surface area contributed by atoms with E-state index in [-0.39, 0.29) is 10.8 Å².